The lowest BCUT2D eigenvalue weighted by Gasteiger charge is -2.20. The van der Waals surface area contributed by atoms with Crippen LogP contribution in [-0.2, 0) is 9.53 Å². The minimum Gasteiger partial charge on any atom is -0.466 e. The van der Waals surface area contributed by atoms with Gasteiger partial charge in [-0.05, 0) is 6.92 Å². The van der Waals surface area contributed by atoms with Gasteiger partial charge in [0.05, 0.1) is 7.11 Å². The number of esters is 1. The summed E-state index contributed by atoms with van der Waals surface area (Å²) < 4.78 is 4.52. The van der Waals surface area contributed by atoms with Crippen molar-refractivity contribution in [2.24, 2.45) is 5.41 Å². The number of hydrogen-bond donors (Lipinski definition) is 0. The SMILES string of the molecule is COC(=O)/C=C(\C)C(C)(C)/C=C/Cl. The third-order valence-electron chi connectivity index (χ3n) is 2.03. The molecule has 0 unspecified atom stereocenters. The van der Waals surface area contributed by atoms with Crippen LogP contribution in [0.3, 0.4) is 0 Å². The number of carbonyl (C=O) groups is 1. The summed E-state index contributed by atoms with van der Waals surface area (Å²) in [4.78, 5) is 10.9. The Morgan fingerprint density at radius 3 is 2.38 bits per heavy atom. The highest BCUT2D eigenvalue weighted by Crippen LogP contribution is 2.27. The lowest BCUT2D eigenvalue weighted by Crippen LogP contribution is -2.11. The molecule has 0 spiro atoms. The van der Waals surface area contributed by atoms with Crippen LogP contribution in [0.2, 0.25) is 0 Å². The highest BCUT2D eigenvalue weighted by atomic mass is 35.5. The van der Waals surface area contributed by atoms with Crippen LogP contribution in [0.1, 0.15) is 20.8 Å². The molecule has 0 heterocycles. The zero-order valence-corrected chi connectivity index (χ0v) is 9.18. The Kier molecular flexibility index (Phi) is 4.78. The molecule has 74 valence electrons. The van der Waals surface area contributed by atoms with Crippen molar-refractivity contribution in [3.8, 4) is 0 Å². The van der Waals surface area contributed by atoms with E-state index in [0.717, 1.165) is 5.57 Å². The Hall–Kier alpha value is -0.760. The maximum atomic E-state index is 10.9. The van der Waals surface area contributed by atoms with Crippen LogP contribution in [0.4, 0.5) is 0 Å². The van der Waals surface area contributed by atoms with Crippen molar-refractivity contribution in [2.75, 3.05) is 7.11 Å². The molecule has 0 aromatic heterocycles. The van der Waals surface area contributed by atoms with Crippen molar-refractivity contribution in [3.05, 3.63) is 23.3 Å². The van der Waals surface area contributed by atoms with Gasteiger partial charge < -0.3 is 4.74 Å². The van der Waals surface area contributed by atoms with Crippen LogP contribution in [0.15, 0.2) is 23.3 Å². The molecule has 3 heteroatoms. The molecule has 0 saturated carbocycles. The topological polar surface area (TPSA) is 26.3 Å². The molecule has 0 aliphatic carbocycles. The van der Waals surface area contributed by atoms with Gasteiger partial charge in [-0.1, -0.05) is 37.1 Å². The third-order valence-corrected chi connectivity index (χ3v) is 2.16. The first-order valence-electron chi connectivity index (χ1n) is 3.98. The molecule has 0 aliphatic rings. The molecule has 0 bridgehead atoms. The van der Waals surface area contributed by atoms with Crippen LogP contribution in [0.5, 0.6) is 0 Å². The predicted octanol–water partition coefficient (Wildman–Crippen LogP) is 2.88. The smallest absolute Gasteiger partial charge is 0.330 e. The Bertz CT molecular complexity index is 239. The minimum atomic E-state index is -0.339. The second kappa shape index (κ2) is 5.07. The molecule has 0 atom stereocenters. The monoisotopic (exact) mass is 202 g/mol. The maximum Gasteiger partial charge on any atom is 0.330 e. The van der Waals surface area contributed by atoms with E-state index >= 15 is 0 Å². The Balaban J connectivity index is 4.66. The molecule has 0 fully saturated rings. The summed E-state index contributed by atoms with van der Waals surface area (Å²) in [5, 5.41) is 0. The molecule has 0 N–H and O–H groups in total. The molecule has 0 amide bonds. The first kappa shape index (κ1) is 12.2. The molecule has 0 rings (SSSR count). The number of methoxy groups -OCH3 is 1. The van der Waals surface area contributed by atoms with E-state index in [1.54, 1.807) is 0 Å². The average Bonchev–Trinajstić information content (AvgIpc) is 2.04. The number of ether oxygens (including phenoxy) is 1. The Morgan fingerprint density at radius 2 is 2.00 bits per heavy atom. The molecule has 0 aromatic rings. The summed E-state index contributed by atoms with van der Waals surface area (Å²) >= 11 is 5.48. The summed E-state index contributed by atoms with van der Waals surface area (Å²) in [5.41, 5.74) is 2.15. The Morgan fingerprint density at radius 1 is 1.46 bits per heavy atom. The van der Waals surface area contributed by atoms with Gasteiger partial charge in [0.25, 0.3) is 0 Å². The van der Waals surface area contributed by atoms with Crippen LogP contribution >= 0.6 is 11.6 Å². The van der Waals surface area contributed by atoms with Crippen LogP contribution < -0.4 is 0 Å². The lowest BCUT2D eigenvalue weighted by atomic mass is 9.85. The highest BCUT2D eigenvalue weighted by molar-refractivity contribution is 6.25. The van der Waals surface area contributed by atoms with Gasteiger partial charge in [0.15, 0.2) is 0 Å². The first-order chi connectivity index (χ1) is 5.94. The zero-order chi connectivity index (χ0) is 10.5. The van der Waals surface area contributed by atoms with Crippen molar-refractivity contribution < 1.29 is 9.53 Å². The van der Waals surface area contributed by atoms with E-state index in [4.69, 9.17) is 11.6 Å². The van der Waals surface area contributed by atoms with E-state index in [0.29, 0.717) is 0 Å². The molecular weight excluding hydrogens is 188 g/mol. The van der Waals surface area contributed by atoms with Gasteiger partial charge in [-0.25, -0.2) is 4.79 Å². The van der Waals surface area contributed by atoms with Crippen molar-refractivity contribution >= 4 is 17.6 Å². The highest BCUT2D eigenvalue weighted by Gasteiger charge is 2.16. The second-order valence-corrected chi connectivity index (χ2v) is 3.62. The van der Waals surface area contributed by atoms with E-state index < -0.39 is 0 Å². The molecule has 0 aromatic carbocycles. The van der Waals surface area contributed by atoms with Gasteiger partial charge in [-0.15, -0.1) is 0 Å². The van der Waals surface area contributed by atoms with E-state index in [1.165, 1.54) is 18.7 Å². The van der Waals surface area contributed by atoms with E-state index in [-0.39, 0.29) is 11.4 Å². The van der Waals surface area contributed by atoms with Crippen molar-refractivity contribution in [3.63, 3.8) is 0 Å². The second-order valence-electron chi connectivity index (χ2n) is 3.36. The summed E-state index contributed by atoms with van der Waals surface area (Å²) in [5.74, 6) is -0.339. The number of halogens is 1. The van der Waals surface area contributed by atoms with E-state index in [2.05, 4.69) is 4.74 Å². The lowest BCUT2D eigenvalue weighted by molar-refractivity contribution is -0.134. The van der Waals surface area contributed by atoms with Gasteiger partial charge in [0.1, 0.15) is 0 Å². The summed E-state index contributed by atoms with van der Waals surface area (Å²) in [6.45, 7) is 5.81. The van der Waals surface area contributed by atoms with Crippen LogP contribution in [0.25, 0.3) is 0 Å². The largest absolute Gasteiger partial charge is 0.466 e. The van der Waals surface area contributed by atoms with Gasteiger partial charge in [-0.2, -0.15) is 0 Å². The average molecular weight is 203 g/mol. The fourth-order valence-corrected chi connectivity index (χ4v) is 1.03. The molecule has 0 radical (unpaired) electrons. The summed E-state index contributed by atoms with van der Waals surface area (Å²) in [7, 11) is 1.36. The fraction of sp³-hybridized carbons (Fsp3) is 0.500. The van der Waals surface area contributed by atoms with Gasteiger partial charge in [0, 0.05) is 17.0 Å². The summed E-state index contributed by atoms with van der Waals surface area (Å²) in [6, 6.07) is 0. The van der Waals surface area contributed by atoms with Crippen molar-refractivity contribution in [1.82, 2.24) is 0 Å². The van der Waals surface area contributed by atoms with E-state index in [9.17, 15) is 4.79 Å². The fourth-order valence-electron chi connectivity index (χ4n) is 0.711. The number of carbonyl (C=O) groups excluding carboxylic acids is 1. The van der Waals surface area contributed by atoms with Gasteiger partial charge in [-0.3, -0.25) is 0 Å². The molecule has 0 saturated heterocycles. The normalized spacial score (nSPS) is 13.5. The summed E-state index contributed by atoms with van der Waals surface area (Å²) in [6.07, 6.45) is 3.29. The maximum absolute atomic E-state index is 10.9. The van der Waals surface area contributed by atoms with E-state index in [1.807, 2.05) is 26.8 Å². The van der Waals surface area contributed by atoms with Gasteiger partial charge >= 0.3 is 5.97 Å². The minimum absolute atomic E-state index is 0.212. The molecule has 2 nitrogen and oxygen atoms in total. The van der Waals surface area contributed by atoms with Gasteiger partial charge in [0.2, 0.25) is 0 Å². The third kappa shape index (κ3) is 4.13. The number of rotatable bonds is 3. The van der Waals surface area contributed by atoms with Crippen LogP contribution in [-0.4, -0.2) is 13.1 Å². The van der Waals surface area contributed by atoms with Crippen LogP contribution in [0, 0.1) is 5.41 Å². The van der Waals surface area contributed by atoms with Crippen molar-refractivity contribution in [1.29, 1.82) is 0 Å². The molecular formula is C10H15ClO2. The number of allylic oxidation sites excluding steroid dienone is 2. The predicted molar refractivity (Wildman–Crippen MR) is 54.5 cm³/mol. The standard InChI is InChI=1S/C10H15ClO2/c1-8(7-9(12)13-4)10(2,3)5-6-11/h5-7H,1-4H3/b6-5+,8-7+. The quantitative estimate of drug-likeness (QED) is 0.520. The Labute approximate surface area is 84.2 Å². The first-order valence-corrected chi connectivity index (χ1v) is 4.42. The van der Waals surface area contributed by atoms with Crippen molar-refractivity contribution in [2.45, 2.75) is 20.8 Å². The zero-order valence-electron chi connectivity index (χ0n) is 8.43. The molecule has 0 aliphatic heterocycles. The molecule has 13 heavy (non-hydrogen) atoms. The number of hydrogen-bond acceptors (Lipinski definition) is 2.